The lowest BCUT2D eigenvalue weighted by atomic mass is 10.1. The molecular weight excluding hydrogens is 366 g/mol. The molecule has 1 aromatic carbocycles. The van der Waals surface area contributed by atoms with Crippen molar-refractivity contribution in [1.29, 1.82) is 0 Å². The Bertz CT molecular complexity index is 615. The Labute approximate surface area is 178 Å². The van der Waals surface area contributed by atoms with Crippen LogP contribution in [0.3, 0.4) is 0 Å². The van der Waals surface area contributed by atoms with Crippen LogP contribution in [0.2, 0.25) is 0 Å². The summed E-state index contributed by atoms with van der Waals surface area (Å²) < 4.78 is 0. The normalized spacial score (nSPS) is 11.0. The van der Waals surface area contributed by atoms with Crippen LogP contribution in [-0.4, -0.2) is 36.1 Å². The highest BCUT2D eigenvalue weighted by molar-refractivity contribution is 5.91. The number of nitrogens with zero attached hydrogens (tertiary/aromatic N) is 2. The Morgan fingerprint density at radius 2 is 1.43 bits per heavy atom. The first-order valence-electron chi connectivity index (χ1n) is 11.1. The molecule has 2 rings (SSSR count). The van der Waals surface area contributed by atoms with E-state index in [2.05, 4.69) is 59.4 Å². The van der Waals surface area contributed by atoms with E-state index in [1.54, 1.807) is 0 Å². The first-order chi connectivity index (χ1) is 13.3. The summed E-state index contributed by atoms with van der Waals surface area (Å²) in [4.78, 5) is 7.22. The van der Waals surface area contributed by atoms with E-state index in [1.165, 1.54) is 88.2 Å². The topological polar surface area (TPSA) is 28.2 Å². The van der Waals surface area contributed by atoms with Crippen LogP contribution in [-0.2, 0) is 0 Å². The van der Waals surface area contributed by atoms with Crippen LogP contribution < -0.4 is 5.32 Å². The third-order valence-electron chi connectivity index (χ3n) is 5.27. The van der Waals surface area contributed by atoms with Crippen molar-refractivity contribution in [2.45, 2.75) is 71.6 Å². The number of hydrogen-bond acceptors (Lipinski definition) is 3. The number of anilines is 1. The molecule has 0 saturated heterocycles. The fraction of sp³-hybridized carbons (Fsp3) is 0.625. The summed E-state index contributed by atoms with van der Waals surface area (Å²) in [6.07, 6.45) is 13.9. The smallest absolute Gasteiger partial charge is 0.133 e. The zero-order valence-electron chi connectivity index (χ0n) is 18.0. The number of rotatable bonds is 15. The van der Waals surface area contributed by atoms with Gasteiger partial charge in [-0.05, 0) is 50.3 Å². The predicted molar refractivity (Wildman–Crippen MR) is 127 cm³/mol. The van der Waals surface area contributed by atoms with Gasteiger partial charge in [0.15, 0.2) is 0 Å². The number of pyridine rings is 1. The Morgan fingerprint density at radius 3 is 2.11 bits per heavy atom. The van der Waals surface area contributed by atoms with Gasteiger partial charge in [0, 0.05) is 18.1 Å². The molecule has 3 nitrogen and oxygen atoms in total. The van der Waals surface area contributed by atoms with Gasteiger partial charge in [-0.15, -0.1) is 12.4 Å². The van der Waals surface area contributed by atoms with Gasteiger partial charge in [0.05, 0.1) is 0 Å². The molecule has 28 heavy (non-hydrogen) atoms. The van der Waals surface area contributed by atoms with E-state index >= 15 is 0 Å². The maximum absolute atomic E-state index is 4.54. The standard InChI is InChI=1S/C24H39N3.ClH/c1-3-5-7-11-19-27(20-12-8-6-4-2)21-13-17-25-24-23-15-10-9-14-22(23)16-18-26-24;/h9-10,14-16,18H,3-8,11-13,17,19-21H2,1-2H3,(H,25,26);1H. The van der Waals surface area contributed by atoms with Crippen molar-refractivity contribution < 1.29 is 0 Å². The van der Waals surface area contributed by atoms with Crippen LogP contribution in [0.4, 0.5) is 5.82 Å². The minimum absolute atomic E-state index is 0. The molecule has 0 fully saturated rings. The fourth-order valence-corrected chi connectivity index (χ4v) is 3.63. The van der Waals surface area contributed by atoms with Crippen LogP contribution >= 0.6 is 12.4 Å². The van der Waals surface area contributed by atoms with E-state index in [0.29, 0.717) is 0 Å². The highest BCUT2D eigenvalue weighted by atomic mass is 35.5. The summed E-state index contributed by atoms with van der Waals surface area (Å²) in [5, 5.41) is 6.03. The average molecular weight is 406 g/mol. The molecule has 0 aliphatic heterocycles. The molecule has 0 radical (unpaired) electrons. The minimum atomic E-state index is 0. The number of nitrogens with one attached hydrogen (secondary N) is 1. The third-order valence-corrected chi connectivity index (χ3v) is 5.27. The van der Waals surface area contributed by atoms with Crippen LogP contribution in [0.1, 0.15) is 71.6 Å². The molecule has 0 aliphatic carbocycles. The summed E-state index contributed by atoms with van der Waals surface area (Å²) in [7, 11) is 0. The third kappa shape index (κ3) is 9.25. The second-order valence-electron chi connectivity index (χ2n) is 7.62. The summed E-state index contributed by atoms with van der Waals surface area (Å²) in [6, 6.07) is 10.6. The van der Waals surface area contributed by atoms with Gasteiger partial charge in [0.25, 0.3) is 0 Å². The number of halogens is 1. The van der Waals surface area contributed by atoms with E-state index in [4.69, 9.17) is 0 Å². The highest BCUT2D eigenvalue weighted by Gasteiger charge is 2.06. The number of aromatic nitrogens is 1. The SMILES string of the molecule is CCCCCCN(CCCCCC)CCCNc1nccc2ccccc12.Cl. The van der Waals surface area contributed by atoms with Crippen LogP contribution in [0.5, 0.6) is 0 Å². The fourth-order valence-electron chi connectivity index (χ4n) is 3.63. The summed E-state index contributed by atoms with van der Waals surface area (Å²) in [5.41, 5.74) is 0. The zero-order chi connectivity index (χ0) is 19.2. The monoisotopic (exact) mass is 405 g/mol. The minimum Gasteiger partial charge on any atom is -0.370 e. The lowest BCUT2D eigenvalue weighted by Gasteiger charge is -2.22. The summed E-state index contributed by atoms with van der Waals surface area (Å²) >= 11 is 0. The lowest BCUT2D eigenvalue weighted by Crippen LogP contribution is -2.28. The zero-order valence-corrected chi connectivity index (χ0v) is 18.8. The molecule has 0 aliphatic rings. The second-order valence-corrected chi connectivity index (χ2v) is 7.62. The predicted octanol–water partition coefficient (Wildman–Crippen LogP) is 6.92. The van der Waals surface area contributed by atoms with Crippen molar-refractivity contribution in [3.8, 4) is 0 Å². The number of unbranched alkanes of at least 4 members (excludes halogenated alkanes) is 6. The van der Waals surface area contributed by atoms with Gasteiger partial charge in [-0.1, -0.05) is 76.6 Å². The van der Waals surface area contributed by atoms with Crippen LogP contribution in [0, 0.1) is 0 Å². The lowest BCUT2D eigenvalue weighted by molar-refractivity contribution is 0.260. The molecule has 1 aromatic heterocycles. The Kier molecular flexibility index (Phi) is 13.8. The number of fused-ring (bicyclic) bond motifs is 1. The number of hydrogen-bond donors (Lipinski definition) is 1. The largest absolute Gasteiger partial charge is 0.370 e. The van der Waals surface area contributed by atoms with Crippen molar-refractivity contribution in [3.63, 3.8) is 0 Å². The van der Waals surface area contributed by atoms with Gasteiger partial charge in [0.1, 0.15) is 5.82 Å². The van der Waals surface area contributed by atoms with Crippen molar-refractivity contribution in [3.05, 3.63) is 36.5 Å². The maximum Gasteiger partial charge on any atom is 0.133 e. The first-order valence-corrected chi connectivity index (χ1v) is 11.1. The van der Waals surface area contributed by atoms with Crippen molar-refractivity contribution in [1.82, 2.24) is 9.88 Å². The quantitative estimate of drug-likeness (QED) is 0.326. The van der Waals surface area contributed by atoms with E-state index in [0.717, 1.165) is 12.4 Å². The maximum atomic E-state index is 4.54. The Hall–Kier alpha value is -1.32. The highest BCUT2D eigenvalue weighted by Crippen LogP contribution is 2.20. The molecule has 0 spiro atoms. The molecule has 0 saturated carbocycles. The van der Waals surface area contributed by atoms with Gasteiger partial charge in [-0.3, -0.25) is 0 Å². The Morgan fingerprint density at radius 1 is 0.786 bits per heavy atom. The molecule has 0 atom stereocenters. The Balaban J connectivity index is 0.00000392. The molecular formula is C24H40ClN3. The van der Waals surface area contributed by atoms with Crippen LogP contribution in [0.25, 0.3) is 10.8 Å². The molecule has 0 amide bonds. The van der Waals surface area contributed by atoms with E-state index in [1.807, 2.05) is 6.20 Å². The van der Waals surface area contributed by atoms with Crippen LogP contribution in [0.15, 0.2) is 36.5 Å². The molecule has 0 unspecified atom stereocenters. The van der Waals surface area contributed by atoms with Gasteiger partial charge >= 0.3 is 0 Å². The molecule has 2 aromatic rings. The first kappa shape index (κ1) is 24.7. The van der Waals surface area contributed by atoms with Gasteiger partial charge < -0.3 is 10.2 Å². The molecule has 0 bridgehead atoms. The van der Waals surface area contributed by atoms with Gasteiger partial charge in [-0.25, -0.2) is 4.98 Å². The van der Waals surface area contributed by atoms with E-state index in [9.17, 15) is 0 Å². The van der Waals surface area contributed by atoms with E-state index in [-0.39, 0.29) is 12.4 Å². The summed E-state index contributed by atoms with van der Waals surface area (Å²) in [6.45, 7) is 9.28. The average Bonchev–Trinajstić information content (AvgIpc) is 2.71. The molecule has 1 N–H and O–H groups in total. The van der Waals surface area contributed by atoms with Crippen molar-refractivity contribution in [2.24, 2.45) is 0 Å². The van der Waals surface area contributed by atoms with Crippen molar-refractivity contribution >= 4 is 29.0 Å². The molecule has 4 heteroatoms. The van der Waals surface area contributed by atoms with Crippen molar-refractivity contribution in [2.75, 3.05) is 31.5 Å². The van der Waals surface area contributed by atoms with Gasteiger partial charge in [-0.2, -0.15) is 0 Å². The van der Waals surface area contributed by atoms with E-state index < -0.39 is 0 Å². The molecule has 1 heterocycles. The second kappa shape index (κ2) is 15.6. The number of benzene rings is 1. The molecule has 158 valence electrons. The van der Waals surface area contributed by atoms with Gasteiger partial charge in [0.2, 0.25) is 0 Å². The summed E-state index contributed by atoms with van der Waals surface area (Å²) in [5.74, 6) is 1.02.